The second-order valence-corrected chi connectivity index (χ2v) is 6.24. The lowest BCUT2D eigenvalue weighted by atomic mass is 9.89. The van der Waals surface area contributed by atoms with Crippen LogP contribution in [0, 0.1) is 5.92 Å². The highest BCUT2D eigenvalue weighted by atomic mass is 16.2. The molecule has 0 bridgehead atoms. The molecule has 0 aliphatic carbocycles. The van der Waals surface area contributed by atoms with E-state index in [1.165, 1.54) is 5.56 Å². The maximum atomic E-state index is 12.4. The van der Waals surface area contributed by atoms with Crippen LogP contribution < -0.4 is 5.73 Å². The van der Waals surface area contributed by atoms with Crippen LogP contribution in [0.4, 0.5) is 0 Å². The lowest BCUT2D eigenvalue weighted by molar-refractivity contribution is 0.0690. The summed E-state index contributed by atoms with van der Waals surface area (Å²) in [6, 6.07) is 11.0. The highest BCUT2D eigenvalue weighted by Gasteiger charge is 2.23. The Kier molecular flexibility index (Phi) is 4.89. The van der Waals surface area contributed by atoms with E-state index < -0.39 is 5.91 Å². The van der Waals surface area contributed by atoms with E-state index in [4.69, 9.17) is 5.73 Å². The van der Waals surface area contributed by atoms with Crippen molar-refractivity contribution >= 4 is 11.8 Å². The molecule has 0 radical (unpaired) electrons. The smallest absolute Gasteiger partial charge is 0.253 e. The lowest BCUT2D eigenvalue weighted by Gasteiger charge is -2.32. The number of benzene rings is 1. The molecule has 0 spiro atoms. The van der Waals surface area contributed by atoms with Gasteiger partial charge in [-0.2, -0.15) is 0 Å². The van der Waals surface area contributed by atoms with Crippen molar-refractivity contribution in [1.29, 1.82) is 0 Å². The van der Waals surface area contributed by atoms with Gasteiger partial charge in [0.05, 0.1) is 0 Å². The minimum atomic E-state index is -0.399. The number of nitrogens with zero attached hydrogens (tertiary/aromatic N) is 2. The van der Waals surface area contributed by atoms with Crippen LogP contribution in [0.5, 0.6) is 0 Å². The van der Waals surface area contributed by atoms with E-state index in [9.17, 15) is 9.59 Å². The van der Waals surface area contributed by atoms with E-state index in [0.29, 0.717) is 17.0 Å². The number of rotatable bonds is 4. The number of pyridine rings is 1. The van der Waals surface area contributed by atoms with Gasteiger partial charge in [0.1, 0.15) is 0 Å². The molecule has 2 heterocycles. The molecule has 24 heavy (non-hydrogen) atoms. The van der Waals surface area contributed by atoms with Gasteiger partial charge in [0.2, 0.25) is 5.91 Å². The quantitative estimate of drug-likeness (QED) is 0.938. The Balaban J connectivity index is 1.53. The van der Waals surface area contributed by atoms with Crippen molar-refractivity contribution in [2.24, 2.45) is 11.7 Å². The first-order valence-corrected chi connectivity index (χ1v) is 8.21. The lowest BCUT2D eigenvalue weighted by Crippen LogP contribution is -2.38. The fourth-order valence-corrected chi connectivity index (χ4v) is 3.16. The van der Waals surface area contributed by atoms with Gasteiger partial charge in [-0.05, 0) is 55.0 Å². The van der Waals surface area contributed by atoms with Gasteiger partial charge in [-0.15, -0.1) is 0 Å². The van der Waals surface area contributed by atoms with Gasteiger partial charge >= 0.3 is 0 Å². The molecular formula is C19H21N3O2. The number of carbonyl (C=O) groups is 2. The number of nitrogens with two attached hydrogens (primary N) is 1. The Morgan fingerprint density at radius 1 is 1.00 bits per heavy atom. The number of carbonyl (C=O) groups excluding carboxylic acids is 2. The summed E-state index contributed by atoms with van der Waals surface area (Å²) in [4.78, 5) is 29.4. The number of hydrogen-bond donors (Lipinski definition) is 1. The van der Waals surface area contributed by atoms with Crippen LogP contribution in [-0.2, 0) is 6.42 Å². The summed E-state index contributed by atoms with van der Waals surface area (Å²) >= 11 is 0. The standard InChI is InChI=1S/C19H21N3O2/c20-18(23)16-3-1-14(2-4-16)13-15-7-11-22(12-8-15)19(24)17-5-9-21-10-6-17/h1-6,9-10,15H,7-8,11-13H2,(H2,20,23). The molecule has 124 valence electrons. The van der Waals surface area contributed by atoms with E-state index in [0.717, 1.165) is 32.4 Å². The van der Waals surface area contributed by atoms with Gasteiger partial charge in [-0.1, -0.05) is 12.1 Å². The van der Waals surface area contributed by atoms with Crippen molar-refractivity contribution in [1.82, 2.24) is 9.88 Å². The minimum Gasteiger partial charge on any atom is -0.366 e. The molecule has 1 saturated heterocycles. The van der Waals surface area contributed by atoms with Gasteiger partial charge in [-0.25, -0.2) is 0 Å². The molecule has 1 aliphatic rings. The molecule has 5 heteroatoms. The summed E-state index contributed by atoms with van der Waals surface area (Å²) in [6.07, 6.45) is 6.25. The topological polar surface area (TPSA) is 76.3 Å². The first-order chi connectivity index (χ1) is 11.6. The van der Waals surface area contributed by atoms with Crippen molar-refractivity contribution in [2.75, 3.05) is 13.1 Å². The number of primary amides is 1. The summed E-state index contributed by atoms with van der Waals surface area (Å²) in [5.41, 5.74) is 7.70. The zero-order valence-corrected chi connectivity index (χ0v) is 13.5. The van der Waals surface area contributed by atoms with Crippen molar-refractivity contribution in [2.45, 2.75) is 19.3 Å². The predicted octanol–water partition coefficient (Wildman–Crippen LogP) is 2.28. The van der Waals surface area contributed by atoms with E-state index in [-0.39, 0.29) is 5.91 Å². The fourth-order valence-electron chi connectivity index (χ4n) is 3.16. The Morgan fingerprint density at radius 2 is 1.62 bits per heavy atom. The van der Waals surface area contributed by atoms with Gasteiger partial charge < -0.3 is 10.6 Å². The second-order valence-electron chi connectivity index (χ2n) is 6.24. The molecule has 0 saturated carbocycles. The summed E-state index contributed by atoms with van der Waals surface area (Å²) < 4.78 is 0. The number of aromatic nitrogens is 1. The molecule has 2 aromatic rings. The van der Waals surface area contributed by atoms with Crippen LogP contribution >= 0.6 is 0 Å². The number of hydrogen-bond acceptors (Lipinski definition) is 3. The predicted molar refractivity (Wildman–Crippen MR) is 91.5 cm³/mol. The van der Waals surface area contributed by atoms with E-state index >= 15 is 0 Å². The van der Waals surface area contributed by atoms with Crippen molar-refractivity contribution < 1.29 is 9.59 Å². The molecule has 5 nitrogen and oxygen atoms in total. The largest absolute Gasteiger partial charge is 0.366 e. The van der Waals surface area contributed by atoms with Crippen LogP contribution in [0.1, 0.15) is 39.1 Å². The van der Waals surface area contributed by atoms with E-state index in [1.807, 2.05) is 17.0 Å². The number of likely N-dealkylation sites (tertiary alicyclic amines) is 1. The molecule has 2 amide bonds. The Hall–Kier alpha value is -2.69. The number of piperidine rings is 1. The minimum absolute atomic E-state index is 0.0849. The van der Waals surface area contributed by atoms with E-state index in [2.05, 4.69) is 4.98 Å². The summed E-state index contributed by atoms with van der Waals surface area (Å²) in [5, 5.41) is 0. The average molecular weight is 323 g/mol. The summed E-state index contributed by atoms with van der Waals surface area (Å²) in [6.45, 7) is 1.57. The van der Waals surface area contributed by atoms with Gasteiger partial charge in [0.15, 0.2) is 0 Å². The maximum absolute atomic E-state index is 12.4. The third-order valence-corrected chi connectivity index (χ3v) is 4.59. The highest BCUT2D eigenvalue weighted by molar-refractivity contribution is 5.94. The SMILES string of the molecule is NC(=O)c1ccc(CC2CCN(C(=O)c3ccncc3)CC2)cc1. The highest BCUT2D eigenvalue weighted by Crippen LogP contribution is 2.23. The molecule has 1 fully saturated rings. The third-order valence-electron chi connectivity index (χ3n) is 4.59. The van der Waals surface area contributed by atoms with Crippen molar-refractivity contribution in [3.63, 3.8) is 0 Å². The molecule has 1 aromatic heterocycles. The second kappa shape index (κ2) is 7.25. The van der Waals surface area contributed by atoms with Crippen LogP contribution in [0.3, 0.4) is 0 Å². The van der Waals surface area contributed by atoms with Crippen LogP contribution in [0.15, 0.2) is 48.8 Å². The van der Waals surface area contributed by atoms with Crippen molar-refractivity contribution in [3.05, 3.63) is 65.5 Å². The van der Waals surface area contributed by atoms with Gasteiger partial charge in [-0.3, -0.25) is 14.6 Å². The molecule has 1 aromatic carbocycles. The third kappa shape index (κ3) is 3.79. The maximum Gasteiger partial charge on any atom is 0.253 e. The first-order valence-electron chi connectivity index (χ1n) is 8.21. The Bertz CT molecular complexity index is 705. The van der Waals surface area contributed by atoms with Gasteiger partial charge in [0, 0.05) is 36.6 Å². The zero-order valence-electron chi connectivity index (χ0n) is 13.5. The average Bonchev–Trinajstić information content (AvgIpc) is 2.63. The monoisotopic (exact) mass is 323 g/mol. The molecule has 0 atom stereocenters. The Morgan fingerprint density at radius 3 is 2.21 bits per heavy atom. The summed E-state index contributed by atoms with van der Waals surface area (Å²) in [7, 11) is 0. The number of amides is 2. The normalized spacial score (nSPS) is 15.2. The molecule has 2 N–H and O–H groups in total. The fraction of sp³-hybridized carbons (Fsp3) is 0.316. The molecule has 0 unspecified atom stereocenters. The Labute approximate surface area is 141 Å². The molecular weight excluding hydrogens is 302 g/mol. The van der Waals surface area contributed by atoms with Crippen LogP contribution in [-0.4, -0.2) is 34.8 Å². The van der Waals surface area contributed by atoms with Crippen molar-refractivity contribution in [3.8, 4) is 0 Å². The first kappa shape index (κ1) is 16.2. The molecule has 1 aliphatic heterocycles. The van der Waals surface area contributed by atoms with Crippen LogP contribution in [0.2, 0.25) is 0 Å². The molecule has 3 rings (SSSR count). The van der Waals surface area contributed by atoms with Gasteiger partial charge in [0.25, 0.3) is 5.91 Å². The zero-order chi connectivity index (χ0) is 16.9. The van der Waals surface area contributed by atoms with Crippen LogP contribution in [0.25, 0.3) is 0 Å². The summed E-state index contributed by atoms with van der Waals surface area (Å²) in [5.74, 6) is 0.247. The van der Waals surface area contributed by atoms with E-state index in [1.54, 1.807) is 36.7 Å².